The number of hydrogen-bond donors (Lipinski definition) is 2. The van der Waals surface area contributed by atoms with Crippen molar-refractivity contribution >= 4 is 6.03 Å². The molecule has 0 heterocycles. The number of hydrogen-bond acceptors (Lipinski definition) is 3. The number of rotatable bonds is 7. The van der Waals surface area contributed by atoms with Crippen LogP contribution in [0.4, 0.5) is 13.6 Å². The molecule has 0 radical (unpaired) electrons. The second-order valence-electron chi connectivity index (χ2n) is 5.43. The van der Waals surface area contributed by atoms with Gasteiger partial charge in [0.1, 0.15) is 5.75 Å². The van der Waals surface area contributed by atoms with Crippen molar-refractivity contribution in [2.24, 2.45) is 5.92 Å². The topological polar surface area (TPSA) is 61.8 Å². The van der Waals surface area contributed by atoms with Gasteiger partial charge in [-0.2, -0.15) is 8.78 Å². The molecule has 1 unspecified atom stereocenters. The van der Waals surface area contributed by atoms with Gasteiger partial charge in [-0.05, 0) is 24.8 Å². The van der Waals surface area contributed by atoms with Crippen LogP contribution in [-0.2, 0) is 6.54 Å². The molecule has 1 aromatic carbocycles. The van der Waals surface area contributed by atoms with Crippen molar-refractivity contribution in [2.45, 2.75) is 32.1 Å². The van der Waals surface area contributed by atoms with E-state index in [2.05, 4.69) is 10.1 Å². The molecule has 1 aromatic rings. The van der Waals surface area contributed by atoms with E-state index in [4.69, 9.17) is 0 Å². The molecule has 1 saturated carbocycles. The predicted octanol–water partition coefficient (Wildman–Crippen LogP) is 2.20. The summed E-state index contributed by atoms with van der Waals surface area (Å²) < 4.78 is 29.0. The summed E-state index contributed by atoms with van der Waals surface area (Å²) in [5.41, 5.74) is 0.465. The van der Waals surface area contributed by atoms with Crippen LogP contribution in [0.3, 0.4) is 0 Å². The summed E-state index contributed by atoms with van der Waals surface area (Å²) in [7, 11) is 1.59. The molecule has 7 heteroatoms. The summed E-state index contributed by atoms with van der Waals surface area (Å²) in [6, 6.07) is 5.93. The number of likely N-dealkylation sites (N-methyl/N-ethyl adjacent to an activating group) is 1. The molecule has 0 aromatic heterocycles. The highest BCUT2D eigenvalue weighted by molar-refractivity contribution is 5.74. The van der Waals surface area contributed by atoms with Gasteiger partial charge in [0.2, 0.25) is 0 Å². The average molecular weight is 314 g/mol. The molecule has 1 fully saturated rings. The van der Waals surface area contributed by atoms with Gasteiger partial charge in [-0.15, -0.1) is 0 Å². The van der Waals surface area contributed by atoms with E-state index < -0.39 is 12.7 Å². The fraction of sp³-hybridized carbons (Fsp3) is 0.533. The fourth-order valence-corrected chi connectivity index (χ4v) is 2.16. The highest BCUT2D eigenvalue weighted by Gasteiger charge is 2.31. The van der Waals surface area contributed by atoms with Gasteiger partial charge in [-0.3, -0.25) is 0 Å². The van der Waals surface area contributed by atoms with E-state index in [1.807, 2.05) is 0 Å². The Kier molecular flexibility index (Phi) is 5.54. The number of carbonyl (C=O) groups is 1. The van der Waals surface area contributed by atoms with E-state index in [9.17, 15) is 18.7 Å². The lowest BCUT2D eigenvalue weighted by molar-refractivity contribution is -0.0504. The lowest BCUT2D eigenvalue weighted by atomic mass is 10.2. The number of urea groups is 1. The highest BCUT2D eigenvalue weighted by Crippen LogP contribution is 2.32. The fourth-order valence-electron chi connectivity index (χ4n) is 2.16. The maximum atomic E-state index is 12.3. The van der Waals surface area contributed by atoms with Gasteiger partial charge < -0.3 is 20.1 Å². The summed E-state index contributed by atoms with van der Waals surface area (Å²) in [5, 5.41) is 12.4. The van der Waals surface area contributed by atoms with Gasteiger partial charge in [-0.25, -0.2) is 4.79 Å². The number of alkyl halides is 2. The van der Waals surface area contributed by atoms with Crippen LogP contribution in [0.2, 0.25) is 0 Å². The van der Waals surface area contributed by atoms with Crippen LogP contribution in [0.25, 0.3) is 0 Å². The summed E-state index contributed by atoms with van der Waals surface area (Å²) in [6.07, 6.45) is 1.48. The Labute approximate surface area is 127 Å². The highest BCUT2D eigenvalue weighted by atomic mass is 19.3. The standard InChI is InChI=1S/C15H20F2N2O3/c1-19(9-12(20)10-6-7-10)15(21)18-8-11-4-2-3-5-13(11)22-14(16)17/h2-5,10,12,14,20H,6-9H2,1H3,(H,18,21). The zero-order valence-electron chi connectivity index (χ0n) is 12.3. The second kappa shape index (κ2) is 7.40. The third kappa shape index (κ3) is 4.84. The second-order valence-corrected chi connectivity index (χ2v) is 5.43. The van der Waals surface area contributed by atoms with E-state index >= 15 is 0 Å². The summed E-state index contributed by atoms with van der Waals surface area (Å²) >= 11 is 0. The van der Waals surface area contributed by atoms with Gasteiger partial charge in [0, 0.05) is 25.7 Å². The molecule has 0 saturated heterocycles. The first-order valence-electron chi connectivity index (χ1n) is 7.17. The van der Waals surface area contributed by atoms with Crippen molar-refractivity contribution in [1.29, 1.82) is 0 Å². The molecule has 1 aliphatic rings. The minimum absolute atomic E-state index is 0.0402. The van der Waals surface area contributed by atoms with Gasteiger partial charge in [0.25, 0.3) is 0 Å². The minimum Gasteiger partial charge on any atom is -0.434 e. The quantitative estimate of drug-likeness (QED) is 0.811. The van der Waals surface area contributed by atoms with Crippen molar-refractivity contribution in [2.75, 3.05) is 13.6 Å². The van der Waals surface area contributed by atoms with E-state index in [1.54, 1.807) is 25.2 Å². The number of halogens is 2. The number of nitrogens with one attached hydrogen (secondary N) is 1. The van der Waals surface area contributed by atoms with Crippen LogP contribution >= 0.6 is 0 Å². The smallest absolute Gasteiger partial charge is 0.387 e. The number of benzene rings is 1. The minimum atomic E-state index is -2.91. The van der Waals surface area contributed by atoms with Gasteiger partial charge >= 0.3 is 12.6 Å². The molecule has 1 atom stereocenters. The molecule has 22 heavy (non-hydrogen) atoms. The van der Waals surface area contributed by atoms with Crippen molar-refractivity contribution in [3.8, 4) is 5.75 Å². The average Bonchev–Trinajstić information content (AvgIpc) is 3.30. The SMILES string of the molecule is CN(CC(O)C1CC1)C(=O)NCc1ccccc1OC(F)F. The number of nitrogens with zero attached hydrogens (tertiary/aromatic N) is 1. The first-order valence-corrected chi connectivity index (χ1v) is 7.17. The predicted molar refractivity (Wildman–Crippen MR) is 76.7 cm³/mol. The van der Waals surface area contributed by atoms with Crippen LogP contribution in [-0.4, -0.2) is 42.3 Å². The van der Waals surface area contributed by atoms with Gasteiger partial charge in [0.15, 0.2) is 0 Å². The van der Waals surface area contributed by atoms with E-state index in [0.29, 0.717) is 5.56 Å². The number of amides is 2. The lowest BCUT2D eigenvalue weighted by Gasteiger charge is -2.21. The zero-order chi connectivity index (χ0) is 16.1. The first-order chi connectivity index (χ1) is 10.5. The molecule has 5 nitrogen and oxygen atoms in total. The third-order valence-electron chi connectivity index (χ3n) is 3.59. The van der Waals surface area contributed by atoms with Gasteiger partial charge in [-0.1, -0.05) is 18.2 Å². The summed E-state index contributed by atoms with van der Waals surface area (Å²) in [5.74, 6) is 0.328. The number of aliphatic hydroxyl groups is 1. The molecule has 0 aliphatic heterocycles. The first kappa shape index (κ1) is 16.5. The molecule has 2 N–H and O–H groups in total. The van der Waals surface area contributed by atoms with E-state index in [1.165, 1.54) is 11.0 Å². The van der Waals surface area contributed by atoms with E-state index in [0.717, 1.165) is 12.8 Å². The van der Waals surface area contributed by atoms with Crippen molar-refractivity contribution in [1.82, 2.24) is 10.2 Å². The molecular weight excluding hydrogens is 294 g/mol. The largest absolute Gasteiger partial charge is 0.434 e. The Morgan fingerprint density at radius 2 is 2.14 bits per heavy atom. The molecular formula is C15H20F2N2O3. The maximum absolute atomic E-state index is 12.3. The third-order valence-corrected chi connectivity index (χ3v) is 3.59. The Balaban J connectivity index is 1.84. The maximum Gasteiger partial charge on any atom is 0.387 e. The molecule has 122 valence electrons. The Hall–Kier alpha value is -1.89. The number of ether oxygens (including phenoxy) is 1. The van der Waals surface area contributed by atoms with Crippen LogP contribution in [0.15, 0.2) is 24.3 Å². The lowest BCUT2D eigenvalue weighted by Crippen LogP contribution is -2.41. The van der Waals surface area contributed by atoms with Gasteiger partial charge in [0.05, 0.1) is 6.10 Å². The number of carbonyl (C=O) groups excluding carboxylic acids is 1. The molecule has 0 bridgehead atoms. The Morgan fingerprint density at radius 3 is 2.77 bits per heavy atom. The number of para-hydroxylation sites is 1. The number of aliphatic hydroxyl groups excluding tert-OH is 1. The van der Waals surface area contributed by atoms with E-state index in [-0.39, 0.29) is 30.8 Å². The summed E-state index contributed by atoms with van der Waals surface area (Å²) in [4.78, 5) is 13.3. The Morgan fingerprint density at radius 1 is 1.45 bits per heavy atom. The van der Waals surface area contributed by atoms with Crippen molar-refractivity contribution in [3.63, 3.8) is 0 Å². The van der Waals surface area contributed by atoms with Crippen molar-refractivity contribution in [3.05, 3.63) is 29.8 Å². The van der Waals surface area contributed by atoms with Crippen LogP contribution < -0.4 is 10.1 Å². The van der Waals surface area contributed by atoms with Crippen LogP contribution in [0.5, 0.6) is 5.75 Å². The monoisotopic (exact) mass is 314 g/mol. The van der Waals surface area contributed by atoms with Crippen LogP contribution in [0, 0.1) is 5.92 Å². The van der Waals surface area contributed by atoms with Crippen molar-refractivity contribution < 1.29 is 23.4 Å². The Bertz CT molecular complexity index is 509. The molecule has 0 spiro atoms. The molecule has 1 aliphatic carbocycles. The normalized spacial score (nSPS) is 15.5. The molecule has 2 amide bonds. The van der Waals surface area contributed by atoms with Crippen LogP contribution in [0.1, 0.15) is 18.4 Å². The zero-order valence-corrected chi connectivity index (χ0v) is 12.3. The molecule has 2 rings (SSSR count). The summed E-state index contributed by atoms with van der Waals surface area (Å²) in [6.45, 7) is -2.58.